The monoisotopic (exact) mass is 581 g/mol. The Labute approximate surface area is 229 Å². The number of benzene rings is 2. The minimum absolute atomic E-state index is 0.182. The maximum Gasteiger partial charge on any atom is 0.420 e. The Bertz CT molecular complexity index is 1400. The van der Waals surface area contributed by atoms with Gasteiger partial charge in [0.05, 0.1) is 23.6 Å². The maximum atomic E-state index is 14.1. The number of sulfonamides is 1. The van der Waals surface area contributed by atoms with Gasteiger partial charge in [-0.2, -0.15) is 13.2 Å². The number of anilines is 1. The van der Waals surface area contributed by atoms with E-state index in [9.17, 15) is 26.4 Å². The molecule has 2 aromatic carbocycles. The number of likely N-dealkylation sites (tertiary alicyclic amines) is 1. The Hall–Kier alpha value is -4.07. The van der Waals surface area contributed by atoms with Gasteiger partial charge in [0.25, 0.3) is 0 Å². The number of nitrogens with two attached hydrogens (primary N) is 1. The van der Waals surface area contributed by atoms with Crippen LogP contribution in [0.2, 0.25) is 0 Å². The third kappa shape index (κ3) is 7.97. The predicted molar refractivity (Wildman–Crippen MR) is 145 cm³/mol. The molecule has 1 saturated heterocycles. The van der Waals surface area contributed by atoms with Gasteiger partial charge in [-0.15, -0.1) is 0 Å². The smallest absolute Gasteiger partial charge is 0.420 e. The molecular formula is C26H30F3N5O5S. The lowest BCUT2D eigenvalue weighted by Crippen LogP contribution is -2.40. The van der Waals surface area contributed by atoms with Crippen molar-refractivity contribution in [3.63, 3.8) is 0 Å². The lowest BCUT2D eigenvalue weighted by atomic mass is 10.1. The van der Waals surface area contributed by atoms with Crippen molar-refractivity contribution in [3.05, 3.63) is 65.2 Å². The summed E-state index contributed by atoms with van der Waals surface area (Å²) >= 11 is 0. The summed E-state index contributed by atoms with van der Waals surface area (Å²) in [6.07, 6.45) is -1.75. The molecule has 1 aliphatic heterocycles. The number of nitrogens with one attached hydrogen (secondary N) is 2. The van der Waals surface area contributed by atoms with Gasteiger partial charge in [-0.3, -0.25) is 19.9 Å². The van der Waals surface area contributed by atoms with E-state index < -0.39 is 51.9 Å². The normalized spacial score (nSPS) is 14.8. The average Bonchev–Trinajstić information content (AvgIpc) is 2.86. The van der Waals surface area contributed by atoms with Crippen molar-refractivity contribution < 1.29 is 36.2 Å². The van der Waals surface area contributed by atoms with Crippen LogP contribution in [0.5, 0.6) is 5.75 Å². The van der Waals surface area contributed by atoms with Crippen LogP contribution in [0.3, 0.4) is 0 Å². The SMILES string of the molecule is CC(=N)N1CCC(Oc2ccc(N(C/C=C/c3cccc(C(=N)N)c3)S(=O)(=O)CC(=O)O)cc2C(F)(F)F)CC1. The number of nitrogen functional groups attached to an aromatic ring is 1. The molecule has 1 aliphatic rings. The highest BCUT2D eigenvalue weighted by atomic mass is 32.2. The van der Waals surface area contributed by atoms with E-state index in [1.54, 1.807) is 36.1 Å². The largest absolute Gasteiger partial charge is 0.490 e. The van der Waals surface area contributed by atoms with E-state index in [1.807, 2.05) is 0 Å². The van der Waals surface area contributed by atoms with Crippen LogP contribution in [0, 0.1) is 10.8 Å². The fourth-order valence-electron chi connectivity index (χ4n) is 4.19. The Morgan fingerprint density at radius 3 is 2.45 bits per heavy atom. The molecule has 3 rings (SSSR count). The van der Waals surface area contributed by atoms with Crippen LogP contribution >= 0.6 is 0 Å². The molecule has 40 heavy (non-hydrogen) atoms. The van der Waals surface area contributed by atoms with E-state index in [0.29, 0.717) is 53.3 Å². The Kier molecular flexibility index (Phi) is 9.45. The molecule has 10 nitrogen and oxygen atoms in total. The third-order valence-electron chi connectivity index (χ3n) is 6.19. The Morgan fingerprint density at radius 1 is 1.20 bits per heavy atom. The number of hydrogen-bond acceptors (Lipinski definition) is 6. The van der Waals surface area contributed by atoms with Gasteiger partial charge in [-0.05, 0) is 36.8 Å². The zero-order valence-corrected chi connectivity index (χ0v) is 22.4. The molecule has 1 heterocycles. The van der Waals surface area contributed by atoms with Crippen LogP contribution in [0.4, 0.5) is 18.9 Å². The number of carbonyl (C=O) groups is 1. The molecule has 216 valence electrons. The average molecular weight is 582 g/mol. The van der Waals surface area contributed by atoms with E-state index >= 15 is 0 Å². The van der Waals surface area contributed by atoms with Crippen molar-refractivity contribution in [2.75, 3.05) is 29.7 Å². The molecule has 14 heteroatoms. The molecule has 0 atom stereocenters. The van der Waals surface area contributed by atoms with Crippen LogP contribution in [-0.2, 0) is 21.0 Å². The van der Waals surface area contributed by atoms with Gasteiger partial charge < -0.3 is 20.5 Å². The summed E-state index contributed by atoms with van der Waals surface area (Å²) in [5.41, 5.74) is 4.88. The van der Waals surface area contributed by atoms with Gasteiger partial charge in [0, 0.05) is 31.5 Å². The summed E-state index contributed by atoms with van der Waals surface area (Å²) in [5.74, 6) is -3.27. The van der Waals surface area contributed by atoms with E-state index in [-0.39, 0.29) is 11.5 Å². The number of halogens is 3. The predicted octanol–water partition coefficient (Wildman–Crippen LogP) is 3.76. The number of carboxylic acids is 1. The number of carboxylic acid groups (broad SMARTS) is 1. The summed E-state index contributed by atoms with van der Waals surface area (Å²) < 4.78 is 74.3. The van der Waals surface area contributed by atoms with Crippen molar-refractivity contribution in [3.8, 4) is 5.75 Å². The third-order valence-corrected chi connectivity index (χ3v) is 7.83. The van der Waals surface area contributed by atoms with E-state index in [2.05, 4.69) is 0 Å². The highest BCUT2D eigenvalue weighted by Gasteiger charge is 2.37. The molecule has 0 unspecified atom stereocenters. The van der Waals surface area contributed by atoms with Crippen LogP contribution in [0.15, 0.2) is 48.5 Å². The van der Waals surface area contributed by atoms with Crippen molar-refractivity contribution >= 4 is 39.4 Å². The fraction of sp³-hybridized carbons (Fsp3) is 0.346. The van der Waals surface area contributed by atoms with Crippen molar-refractivity contribution in [2.45, 2.75) is 32.0 Å². The molecule has 1 fully saturated rings. The van der Waals surface area contributed by atoms with Gasteiger partial charge in [0.1, 0.15) is 17.7 Å². The van der Waals surface area contributed by atoms with Gasteiger partial charge in [0.15, 0.2) is 5.75 Å². The zero-order chi connectivity index (χ0) is 29.7. The van der Waals surface area contributed by atoms with E-state index in [1.165, 1.54) is 12.2 Å². The number of amidine groups is 2. The molecule has 0 aliphatic carbocycles. The quantitative estimate of drug-likeness (QED) is 0.245. The maximum absolute atomic E-state index is 14.1. The summed E-state index contributed by atoms with van der Waals surface area (Å²) in [6, 6.07) is 9.26. The summed E-state index contributed by atoms with van der Waals surface area (Å²) in [6.45, 7) is 2.09. The van der Waals surface area contributed by atoms with Crippen molar-refractivity contribution in [2.24, 2.45) is 5.73 Å². The van der Waals surface area contributed by atoms with E-state index in [4.69, 9.17) is 26.4 Å². The van der Waals surface area contributed by atoms with Crippen LogP contribution in [0.25, 0.3) is 6.08 Å². The number of aliphatic carboxylic acids is 1. The fourth-order valence-corrected chi connectivity index (χ4v) is 5.41. The topological polar surface area (TPSA) is 161 Å². The van der Waals surface area contributed by atoms with Crippen LogP contribution in [0.1, 0.15) is 36.5 Å². The summed E-state index contributed by atoms with van der Waals surface area (Å²) in [7, 11) is -4.57. The van der Waals surface area contributed by atoms with Gasteiger partial charge >= 0.3 is 12.1 Å². The van der Waals surface area contributed by atoms with Gasteiger partial charge in [-0.1, -0.05) is 30.4 Å². The standard InChI is InChI=1S/C26H30F3N5O5S/c1-17(30)33-12-9-21(10-13-33)39-23-8-7-20(15-22(23)26(27,28)29)34(40(37,38)16-24(35)36)11-3-5-18-4-2-6-19(14-18)25(31)32/h2-8,14-15,21,30H,9-13,16H2,1H3,(H3,31,32)(H,35,36)/b5-3+,30-17?. The first-order valence-electron chi connectivity index (χ1n) is 12.2. The van der Waals surface area contributed by atoms with Gasteiger partial charge in [-0.25, -0.2) is 8.42 Å². The summed E-state index contributed by atoms with van der Waals surface area (Å²) in [5, 5.41) is 24.3. The molecular weight excluding hydrogens is 551 g/mol. The Balaban J connectivity index is 1.93. The minimum atomic E-state index is -4.89. The van der Waals surface area contributed by atoms with Crippen molar-refractivity contribution in [1.29, 1.82) is 10.8 Å². The molecule has 0 amide bonds. The molecule has 0 aromatic heterocycles. The number of nitrogens with zero attached hydrogens (tertiary/aromatic N) is 2. The number of alkyl halides is 3. The second-order valence-corrected chi connectivity index (χ2v) is 11.1. The zero-order valence-electron chi connectivity index (χ0n) is 21.6. The second-order valence-electron chi connectivity index (χ2n) is 9.19. The lowest BCUT2D eigenvalue weighted by molar-refractivity contribution is -0.139. The molecule has 0 bridgehead atoms. The number of ether oxygens (including phenoxy) is 1. The number of rotatable bonds is 10. The number of hydrogen-bond donors (Lipinski definition) is 4. The first kappa shape index (κ1) is 30.5. The number of piperidine rings is 1. The summed E-state index contributed by atoms with van der Waals surface area (Å²) in [4.78, 5) is 13.0. The molecule has 2 aromatic rings. The highest BCUT2D eigenvalue weighted by Crippen LogP contribution is 2.40. The second kappa shape index (κ2) is 12.4. The first-order chi connectivity index (χ1) is 18.7. The van der Waals surface area contributed by atoms with E-state index in [0.717, 1.165) is 12.1 Å². The van der Waals surface area contributed by atoms with Crippen molar-refractivity contribution in [1.82, 2.24) is 4.90 Å². The first-order valence-corrected chi connectivity index (χ1v) is 13.8. The molecule has 0 saturated carbocycles. The van der Waals surface area contributed by atoms with Crippen LogP contribution in [-0.4, -0.2) is 67.6 Å². The molecule has 0 spiro atoms. The lowest BCUT2D eigenvalue weighted by Gasteiger charge is -2.33. The highest BCUT2D eigenvalue weighted by molar-refractivity contribution is 7.93. The molecule has 0 radical (unpaired) electrons. The minimum Gasteiger partial charge on any atom is -0.490 e. The van der Waals surface area contributed by atoms with Crippen LogP contribution < -0.4 is 14.8 Å². The Morgan fingerprint density at radius 2 is 1.88 bits per heavy atom. The van der Waals surface area contributed by atoms with Gasteiger partial charge in [0.2, 0.25) is 10.0 Å². The molecule has 5 N–H and O–H groups in total.